The molecule has 1 N–H and O–H groups in total. The molecule has 4 rings (SSSR count). The minimum absolute atomic E-state index is 0.189. The van der Waals surface area contributed by atoms with Crippen LogP contribution in [0.2, 0.25) is 0 Å². The van der Waals surface area contributed by atoms with Crippen molar-refractivity contribution in [2.75, 3.05) is 19.5 Å². The minimum atomic E-state index is -0.189. The molecule has 0 aliphatic heterocycles. The quantitative estimate of drug-likeness (QED) is 0.414. The molecular formula is C24H20N2O3S. The summed E-state index contributed by atoms with van der Waals surface area (Å²) in [5.41, 5.74) is 3.60. The van der Waals surface area contributed by atoms with Gasteiger partial charge in [-0.1, -0.05) is 12.1 Å². The second-order valence-electron chi connectivity index (χ2n) is 6.53. The summed E-state index contributed by atoms with van der Waals surface area (Å²) in [6, 6.07) is 21.0. The molecule has 6 heteroatoms. The third-order valence-corrected chi connectivity index (χ3v) is 5.61. The number of carbonyl (C=O) groups is 1. The zero-order valence-electron chi connectivity index (χ0n) is 16.6. The van der Waals surface area contributed by atoms with Crippen LogP contribution in [0.5, 0.6) is 11.5 Å². The first-order valence-corrected chi connectivity index (χ1v) is 10.1. The number of carbonyl (C=O) groups excluding carboxylic acids is 1. The number of hydrogen-bond acceptors (Lipinski definition) is 5. The number of methoxy groups -OCH3 is 2. The summed E-state index contributed by atoms with van der Waals surface area (Å²) in [5.74, 6) is 1.41. The molecular weight excluding hydrogens is 396 g/mol. The Morgan fingerprint density at radius 3 is 2.33 bits per heavy atom. The number of nitrogens with one attached hydrogen (secondary N) is 1. The molecule has 5 nitrogen and oxygen atoms in total. The fourth-order valence-corrected chi connectivity index (χ4v) is 3.92. The third-order valence-electron chi connectivity index (χ3n) is 4.54. The molecule has 150 valence electrons. The number of anilines is 1. The summed E-state index contributed by atoms with van der Waals surface area (Å²) in [6.45, 7) is 0. The lowest BCUT2D eigenvalue weighted by Gasteiger charge is -2.03. The average Bonchev–Trinajstić information content (AvgIpc) is 3.22. The average molecular weight is 417 g/mol. The van der Waals surface area contributed by atoms with Gasteiger partial charge in [-0.25, -0.2) is 4.98 Å². The Labute approximate surface area is 178 Å². The molecule has 0 radical (unpaired) electrons. The Kier molecular flexibility index (Phi) is 5.77. The van der Waals surface area contributed by atoms with Crippen molar-refractivity contribution < 1.29 is 14.3 Å². The third kappa shape index (κ3) is 4.50. The van der Waals surface area contributed by atoms with E-state index in [1.807, 2.05) is 66.7 Å². The first-order valence-electron chi connectivity index (χ1n) is 9.33. The molecule has 1 heterocycles. The van der Waals surface area contributed by atoms with Gasteiger partial charge in [0.25, 0.3) is 0 Å². The highest BCUT2D eigenvalue weighted by Crippen LogP contribution is 2.32. The molecule has 30 heavy (non-hydrogen) atoms. The van der Waals surface area contributed by atoms with Gasteiger partial charge in [0.1, 0.15) is 16.5 Å². The molecule has 0 atom stereocenters. The number of aromatic nitrogens is 1. The summed E-state index contributed by atoms with van der Waals surface area (Å²) < 4.78 is 11.5. The molecule has 0 aliphatic rings. The van der Waals surface area contributed by atoms with E-state index in [9.17, 15) is 4.79 Å². The summed E-state index contributed by atoms with van der Waals surface area (Å²) in [7, 11) is 3.28. The molecule has 4 aromatic rings. The van der Waals surface area contributed by atoms with Crippen molar-refractivity contribution in [2.24, 2.45) is 0 Å². The largest absolute Gasteiger partial charge is 0.497 e. The second-order valence-corrected chi connectivity index (χ2v) is 7.56. The van der Waals surface area contributed by atoms with Crippen molar-refractivity contribution in [3.8, 4) is 22.1 Å². The zero-order valence-corrected chi connectivity index (χ0v) is 17.4. The topological polar surface area (TPSA) is 60.5 Å². The molecule has 0 spiro atoms. The van der Waals surface area contributed by atoms with E-state index >= 15 is 0 Å². The van der Waals surface area contributed by atoms with Crippen LogP contribution in [0.25, 0.3) is 26.9 Å². The highest BCUT2D eigenvalue weighted by atomic mass is 32.1. The van der Waals surface area contributed by atoms with Crippen LogP contribution in [0.4, 0.5) is 5.69 Å². The highest BCUT2D eigenvalue weighted by molar-refractivity contribution is 7.21. The van der Waals surface area contributed by atoms with E-state index < -0.39 is 0 Å². The first-order chi connectivity index (χ1) is 14.6. The predicted molar refractivity (Wildman–Crippen MR) is 122 cm³/mol. The minimum Gasteiger partial charge on any atom is -0.497 e. The Balaban J connectivity index is 1.42. The van der Waals surface area contributed by atoms with Gasteiger partial charge in [0.2, 0.25) is 5.91 Å². The summed E-state index contributed by atoms with van der Waals surface area (Å²) in [5, 5.41) is 3.80. The van der Waals surface area contributed by atoms with Gasteiger partial charge in [-0.2, -0.15) is 0 Å². The van der Waals surface area contributed by atoms with Gasteiger partial charge < -0.3 is 14.8 Å². The standard InChI is InChI=1S/C24H20N2O3S/c1-28-19-10-3-16(4-11-19)5-14-23(27)25-18-8-6-17(7-9-18)24-26-21-13-12-20(29-2)15-22(21)30-24/h3-15H,1-2H3,(H,25,27)/b14-5+. The fraction of sp³-hybridized carbons (Fsp3) is 0.0833. The summed E-state index contributed by atoms with van der Waals surface area (Å²) in [6.07, 6.45) is 3.27. The molecule has 0 saturated heterocycles. The molecule has 0 aliphatic carbocycles. The lowest BCUT2D eigenvalue weighted by atomic mass is 10.2. The van der Waals surface area contributed by atoms with Crippen LogP contribution in [0.3, 0.4) is 0 Å². The molecule has 3 aromatic carbocycles. The maximum atomic E-state index is 12.2. The van der Waals surface area contributed by atoms with Gasteiger partial charge in [-0.15, -0.1) is 11.3 Å². The number of rotatable bonds is 6. The van der Waals surface area contributed by atoms with Crippen LogP contribution in [-0.4, -0.2) is 25.1 Å². The first kappa shape index (κ1) is 19.7. The van der Waals surface area contributed by atoms with Gasteiger partial charge in [0.05, 0.1) is 24.4 Å². The fourth-order valence-electron chi connectivity index (χ4n) is 2.92. The number of nitrogens with zero attached hydrogens (tertiary/aromatic N) is 1. The number of hydrogen-bond donors (Lipinski definition) is 1. The summed E-state index contributed by atoms with van der Waals surface area (Å²) >= 11 is 1.61. The number of fused-ring (bicyclic) bond motifs is 1. The van der Waals surface area contributed by atoms with E-state index in [-0.39, 0.29) is 5.91 Å². The predicted octanol–water partition coefficient (Wildman–Crippen LogP) is 5.63. The van der Waals surface area contributed by atoms with E-state index in [2.05, 4.69) is 10.3 Å². The maximum absolute atomic E-state index is 12.2. The van der Waals surface area contributed by atoms with E-state index in [0.29, 0.717) is 0 Å². The number of amides is 1. The van der Waals surface area contributed by atoms with Crippen molar-refractivity contribution in [3.63, 3.8) is 0 Å². The second kappa shape index (κ2) is 8.80. The number of ether oxygens (including phenoxy) is 2. The molecule has 0 bridgehead atoms. The van der Waals surface area contributed by atoms with Crippen LogP contribution >= 0.6 is 11.3 Å². The lowest BCUT2D eigenvalue weighted by Crippen LogP contribution is -2.07. The summed E-state index contributed by atoms with van der Waals surface area (Å²) in [4.78, 5) is 16.9. The Hall–Kier alpha value is -3.64. The molecule has 1 amide bonds. The van der Waals surface area contributed by atoms with Gasteiger partial charge in [-0.3, -0.25) is 4.79 Å². The molecule has 1 aromatic heterocycles. The number of benzene rings is 3. The Bertz CT molecular complexity index is 1200. The SMILES string of the molecule is COc1ccc(/C=C/C(=O)Nc2ccc(-c3nc4ccc(OC)cc4s3)cc2)cc1. The van der Waals surface area contributed by atoms with Crippen molar-refractivity contribution in [2.45, 2.75) is 0 Å². The van der Waals surface area contributed by atoms with Crippen molar-refractivity contribution in [1.29, 1.82) is 0 Å². The Morgan fingerprint density at radius 2 is 1.63 bits per heavy atom. The smallest absolute Gasteiger partial charge is 0.248 e. The van der Waals surface area contributed by atoms with Gasteiger partial charge >= 0.3 is 0 Å². The number of thiazole rings is 1. The Morgan fingerprint density at radius 1 is 0.933 bits per heavy atom. The van der Waals surface area contributed by atoms with Crippen LogP contribution < -0.4 is 14.8 Å². The molecule has 0 unspecified atom stereocenters. The van der Waals surface area contributed by atoms with Crippen LogP contribution in [0.1, 0.15) is 5.56 Å². The van der Waals surface area contributed by atoms with Gasteiger partial charge in [0.15, 0.2) is 0 Å². The van der Waals surface area contributed by atoms with Crippen LogP contribution in [0, 0.1) is 0 Å². The van der Waals surface area contributed by atoms with Crippen molar-refractivity contribution in [1.82, 2.24) is 4.98 Å². The van der Waals surface area contributed by atoms with Crippen LogP contribution in [-0.2, 0) is 4.79 Å². The van der Waals surface area contributed by atoms with Crippen LogP contribution in [0.15, 0.2) is 72.8 Å². The van der Waals surface area contributed by atoms with Gasteiger partial charge in [-0.05, 0) is 66.2 Å². The normalized spacial score (nSPS) is 11.0. The highest BCUT2D eigenvalue weighted by Gasteiger charge is 2.08. The van der Waals surface area contributed by atoms with E-state index in [1.54, 1.807) is 31.6 Å². The van der Waals surface area contributed by atoms with Crippen molar-refractivity contribution in [3.05, 3.63) is 78.4 Å². The van der Waals surface area contributed by atoms with E-state index in [4.69, 9.17) is 9.47 Å². The zero-order chi connectivity index (χ0) is 20.9. The van der Waals surface area contributed by atoms with E-state index in [1.165, 1.54) is 6.08 Å². The van der Waals surface area contributed by atoms with E-state index in [0.717, 1.165) is 43.5 Å². The lowest BCUT2D eigenvalue weighted by molar-refractivity contribution is -0.111. The van der Waals surface area contributed by atoms with Crippen molar-refractivity contribution >= 4 is 39.2 Å². The van der Waals surface area contributed by atoms with Gasteiger partial charge in [0, 0.05) is 17.3 Å². The monoisotopic (exact) mass is 416 g/mol. The molecule has 0 fully saturated rings. The maximum Gasteiger partial charge on any atom is 0.248 e. The molecule has 0 saturated carbocycles.